The van der Waals surface area contributed by atoms with Gasteiger partial charge in [0.05, 0.1) is 36.1 Å². The Hall–Kier alpha value is -3.85. The predicted octanol–water partition coefficient (Wildman–Crippen LogP) is 3.62. The van der Waals surface area contributed by atoms with Gasteiger partial charge in [-0.2, -0.15) is 0 Å². The van der Waals surface area contributed by atoms with Gasteiger partial charge in [-0.25, -0.2) is 13.2 Å². The maximum atomic E-state index is 13.5. The summed E-state index contributed by atoms with van der Waals surface area (Å²) >= 11 is 0. The first-order valence-electron chi connectivity index (χ1n) is 9.97. The molecule has 9 heteroatoms. The third-order valence-corrected chi connectivity index (χ3v) is 6.63. The molecule has 0 saturated carbocycles. The van der Waals surface area contributed by atoms with Crippen LogP contribution in [0.15, 0.2) is 77.7 Å². The van der Waals surface area contributed by atoms with Crippen LogP contribution < -0.4 is 14.4 Å². The average Bonchev–Trinajstić information content (AvgIpc) is 2.82. The number of nitrogens with one attached hydrogen (secondary N) is 1. The van der Waals surface area contributed by atoms with Crippen LogP contribution in [0.4, 0.5) is 11.4 Å². The van der Waals surface area contributed by atoms with Gasteiger partial charge in [0, 0.05) is 0 Å². The van der Waals surface area contributed by atoms with Gasteiger partial charge in [-0.3, -0.25) is 9.10 Å². The first kappa shape index (κ1) is 23.8. The zero-order valence-electron chi connectivity index (χ0n) is 18.4. The molecule has 3 aromatic rings. The molecule has 0 bridgehead atoms. The zero-order chi connectivity index (χ0) is 24.0. The fourth-order valence-electron chi connectivity index (χ4n) is 3.17. The average molecular weight is 469 g/mol. The van der Waals surface area contributed by atoms with Crippen LogP contribution in [0.3, 0.4) is 0 Å². The number of benzene rings is 3. The van der Waals surface area contributed by atoms with Crippen LogP contribution in [-0.4, -0.2) is 41.1 Å². The fraction of sp³-hybridized carbons (Fsp3) is 0.167. The minimum absolute atomic E-state index is 0.0294. The second-order valence-electron chi connectivity index (χ2n) is 7.08. The van der Waals surface area contributed by atoms with Gasteiger partial charge in [-0.05, 0) is 43.3 Å². The molecule has 0 heterocycles. The Bertz CT molecular complexity index is 1260. The Labute approximate surface area is 192 Å². The van der Waals surface area contributed by atoms with Gasteiger partial charge in [0.1, 0.15) is 12.3 Å². The molecular formula is C24H24N2O6S. The molecule has 1 amide bonds. The molecule has 0 aliphatic rings. The highest BCUT2D eigenvalue weighted by atomic mass is 32.2. The molecular weight excluding hydrogens is 444 g/mol. The number of carbonyl (C=O) groups is 2. The van der Waals surface area contributed by atoms with Gasteiger partial charge in [0.2, 0.25) is 5.91 Å². The number of sulfonamides is 1. The summed E-state index contributed by atoms with van der Waals surface area (Å²) in [5.41, 5.74) is 1.47. The second-order valence-corrected chi connectivity index (χ2v) is 8.94. The number of amides is 1. The molecule has 0 aliphatic heterocycles. The van der Waals surface area contributed by atoms with Crippen molar-refractivity contribution >= 4 is 33.3 Å². The Morgan fingerprint density at radius 1 is 0.909 bits per heavy atom. The van der Waals surface area contributed by atoms with E-state index in [-0.39, 0.29) is 27.6 Å². The van der Waals surface area contributed by atoms with Crippen LogP contribution in [0.5, 0.6) is 5.75 Å². The van der Waals surface area contributed by atoms with Gasteiger partial charge in [0.15, 0.2) is 0 Å². The van der Waals surface area contributed by atoms with E-state index in [4.69, 9.17) is 9.47 Å². The van der Waals surface area contributed by atoms with E-state index in [1.165, 1.54) is 38.5 Å². The van der Waals surface area contributed by atoms with Gasteiger partial charge in [0.25, 0.3) is 10.0 Å². The summed E-state index contributed by atoms with van der Waals surface area (Å²) in [5.74, 6) is -0.983. The van der Waals surface area contributed by atoms with Crippen LogP contribution in [0.2, 0.25) is 0 Å². The molecule has 0 radical (unpaired) electrons. The lowest BCUT2D eigenvalue weighted by Crippen LogP contribution is -2.38. The van der Waals surface area contributed by atoms with Crippen molar-refractivity contribution in [3.05, 3.63) is 83.9 Å². The lowest BCUT2D eigenvalue weighted by atomic mass is 10.2. The monoisotopic (exact) mass is 468 g/mol. The number of carbonyl (C=O) groups excluding carboxylic acids is 2. The minimum Gasteiger partial charge on any atom is -0.495 e. The molecule has 0 spiro atoms. The molecule has 172 valence electrons. The van der Waals surface area contributed by atoms with Crippen LogP contribution in [0.1, 0.15) is 15.9 Å². The topological polar surface area (TPSA) is 102 Å². The van der Waals surface area contributed by atoms with E-state index in [1.807, 2.05) is 6.92 Å². The molecule has 0 atom stereocenters. The van der Waals surface area contributed by atoms with Crippen LogP contribution in [0, 0.1) is 6.92 Å². The number of ether oxygens (including phenoxy) is 2. The summed E-state index contributed by atoms with van der Waals surface area (Å²) in [6.07, 6.45) is 0. The highest BCUT2D eigenvalue weighted by Gasteiger charge is 2.29. The first-order chi connectivity index (χ1) is 15.8. The number of methoxy groups -OCH3 is 2. The molecule has 0 saturated heterocycles. The third-order valence-electron chi connectivity index (χ3n) is 4.86. The molecule has 3 rings (SSSR count). The summed E-state index contributed by atoms with van der Waals surface area (Å²) in [5, 5.41) is 2.61. The highest BCUT2D eigenvalue weighted by Crippen LogP contribution is 2.32. The fourth-order valence-corrected chi connectivity index (χ4v) is 4.60. The number of nitrogens with zero attached hydrogens (tertiary/aromatic N) is 1. The minimum atomic E-state index is -4.12. The molecule has 0 unspecified atom stereocenters. The van der Waals surface area contributed by atoms with Crippen molar-refractivity contribution in [3.8, 4) is 5.75 Å². The van der Waals surface area contributed by atoms with Crippen molar-refractivity contribution in [3.63, 3.8) is 0 Å². The normalized spacial score (nSPS) is 10.9. The number of hydrogen-bond donors (Lipinski definition) is 1. The van der Waals surface area contributed by atoms with Gasteiger partial charge < -0.3 is 14.8 Å². The van der Waals surface area contributed by atoms with E-state index in [0.29, 0.717) is 0 Å². The van der Waals surface area contributed by atoms with E-state index in [0.717, 1.165) is 9.87 Å². The maximum Gasteiger partial charge on any atom is 0.339 e. The summed E-state index contributed by atoms with van der Waals surface area (Å²) in [4.78, 5) is 25.0. The van der Waals surface area contributed by atoms with Crippen LogP contribution >= 0.6 is 0 Å². The number of esters is 1. The lowest BCUT2D eigenvalue weighted by Gasteiger charge is -2.25. The Kier molecular flexibility index (Phi) is 7.34. The molecule has 8 nitrogen and oxygen atoms in total. The number of rotatable bonds is 8. The van der Waals surface area contributed by atoms with Gasteiger partial charge in [-0.15, -0.1) is 0 Å². The Balaban J connectivity index is 2.00. The number of aryl methyl sites for hydroxylation is 1. The number of hydrogen-bond acceptors (Lipinski definition) is 6. The lowest BCUT2D eigenvalue weighted by molar-refractivity contribution is -0.114. The largest absolute Gasteiger partial charge is 0.495 e. The van der Waals surface area contributed by atoms with E-state index >= 15 is 0 Å². The van der Waals surface area contributed by atoms with Crippen molar-refractivity contribution in [2.45, 2.75) is 11.8 Å². The first-order valence-corrected chi connectivity index (χ1v) is 11.4. The Morgan fingerprint density at radius 2 is 1.55 bits per heavy atom. The number of para-hydroxylation sites is 3. The van der Waals surface area contributed by atoms with Crippen LogP contribution in [0.25, 0.3) is 0 Å². The van der Waals surface area contributed by atoms with Crippen molar-refractivity contribution in [1.29, 1.82) is 0 Å². The van der Waals surface area contributed by atoms with Crippen molar-refractivity contribution in [2.24, 2.45) is 0 Å². The van der Waals surface area contributed by atoms with Crippen LogP contribution in [-0.2, 0) is 19.6 Å². The van der Waals surface area contributed by atoms with Crippen molar-refractivity contribution in [2.75, 3.05) is 30.4 Å². The van der Waals surface area contributed by atoms with Gasteiger partial charge in [-0.1, -0.05) is 42.0 Å². The quantitative estimate of drug-likeness (QED) is 0.507. The van der Waals surface area contributed by atoms with Gasteiger partial charge >= 0.3 is 5.97 Å². The standard InChI is InChI=1S/C24H24N2O6S/c1-17-12-14-18(15-13-17)33(29,30)26(21-10-6-7-11-22(21)31-2)16-23(27)25-20-9-5-4-8-19(20)24(28)32-3/h4-15H,16H2,1-3H3,(H,25,27). The molecule has 33 heavy (non-hydrogen) atoms. The van der Waals surface area contributed by atoms with E-state index in [9.17, 15) is 18.0 Å². The highest BCUT2D eigenvalue weighted by molar-refractivity contribution is 7.92. The maximum absolute atomic E-state index is 13.5. The van der Waals surface area contributed by atoms with Crippen molar-refractivity contribution in [1.82, 2.24) is 0 Å². The summed E-state index contributed by atoms with van der Waals surface area (Å²) in [7, 11) is -1.47. The number of anilines is 2. The molecule has 0 aliphatic carbocycles. The predicted molar refractivity (Wildman–Crippen MR) is 125 cm³/mol. The summed E-state index contributed by atoms with van der Waals surface area (Å²) < 4.78 is 38.1. The molecule has 0 fully saturated rings. The van der Waals surface area contributed by atoms with E-state index in [2.05, 4.69) is 5.32 Å². The van der Waals surface area contributed by atoms with E-state index in [1.54, 1.807) is 48.5 Å². The second kappa shape index (κ2) is 10.2. The zero-order valence-corrected chi connectivity index (χ0v) is 19.3. The Morgan fingerprint density at radius 3 is 2.21 bits per heavy atom. The third kappa shape index (κ3) is 5.32. The van der Waals surface area contributed by atoms with Crippen molar-refractivity contribution < 1.29 is 27.5 Å². The molecule has 3 aromatic carbocycles. The molecule has 1 N–H and O–H groups in total. The smallest absolute Gasteiger partial charge is 0.339 e. The van der Waals surface area contributed by atoms with E-state index < -0.39 is 28.4 Å². The molecule has 0 aromatic heterocycles. The SMILES string of the molecule is COC(=O)c1ccccc1NC(=O)CN(c1ccccc1OC)S(=O)(=O)c1ccc(C)cc1. The summed E-state index contributed by atoms with van der Waals surface area (Å²) in [6, 6.07) is 19.2. The summed E-state index contributed by atoms with van der Waals surface area (Å²) in [6.45, 7) is 1.30.